The lowest BCUT2D eigenvalue weighted by Crippen LogP contribution is -2.68. The lowest BCUT2D eigenvalue weighted by atomic mass is 9.33. The summed E-state index contributed by atoms with van der Waals surface area (Å²) in [5.41, 5.74) is -5.64. The average molecular weight is 1590 g/mol. The van der Waals surface area contributed by atoms with Crippen molar-refractivity contribution in [3.63, 3.8) is 0 Å². The molecule has 8 saturated heterocycles. The molecule has 0 bridgehead atoms. The number of hydrogen-bond acceptors (Lipinski definition) is 37. The number of aliphatic hydroxyl groups excluding tert-OH is 19. The van der Waals surface area contributed by atoms with E-state index in [2.05, 4.69) is 54.5 Å². The van der Waals surface area contributed by atoms with Gasteiger partial charge in [-0.3, -0.25) is 4.79 Å². The van der Waals surface area contributed by atoms with E-state index < -0.39 is 299 Å². The standard InChI is InChI=1S/C73H118O37/c1-27-40(80)44(84)48(88)61(101-27)107-54-34(78)23-98-64(56(54)109-63-51(91)55(108-65-57(92)72(94,25-74)26-100-65)52(28(2)102-63)105-60-50(90)53(33(77)22-97-60)106-59-47(87)42(82)32(76)21-96-59)110-66(93)73-17-16-67(3,4)18-30(73)29-10-11-37-69(7)14-13-39(68(5,6)36(69)12-15-70(37,8)71(29,9)19-38(73)79)104-62-49(89)45(85)43(83)35(103-62)24-99-58-46(86)41(81)31(75)20-95-58/h10,27-28,30-65,74-92,94H,11-26H2,1-9H3/t27-,28-,30-,31-,32+,33-,34+,35+,36?,37?,38+,39-,40-,41-,42-,43+,44+,45-,46+,47+,48+,49+,50+,51+,52-,53-,54-,55-,56+,57-,58-,59-,60-,61-,62-,63-,64-,65-,69-,70+,71+,72+,73+/m0/s1. The second-order valence-corrected chi connectivity index (χ2v) is 35.5. The van der Waals surface area contributed by atoms with Crippen molar-refractivity contribution in [3.05, 3.63) is 11.6 Å². The second kappa shape index (κ2) is 32.2. The molecule has 0 aromatic rings. The zero-order valence-electron chi connectivity index (χ0n) is 63.2. The van der Waals surface area contributed by atoms with E-state index >= 15 is 4.79 Å². The number of carbonyl (C=O) groups is 1. The van der Waals surface area contributed by atoms with Gasteiger partial charge in [0.2, 0.25) is 6.29 Å². The van der Waals surface area contributed by atoms with Crippen molar-refractivity contribution in [2.75, 3.05) is 46.2 Å². The molecule has 8 heterocycles. The van der Waals surface area contributed by atoms with Gasteiger partial charge in [0.25, 0.3) is 0 Å². The quantitative estimate of drug-likeness (QED) is 0.0345. The lowest BCUT2D eigenvalue weighted by molar-refractivity contribution is -0.394. The van der Waals surface area contributed by atoms with Crippen molar-refractivity contribution in [1.82, 2.24) is 0 Å². The molecular weight excluding hydrogens is 1470 g/mol. The summed E-state index contributed by atoms with van der Waals surface area (Å²) in [7, 11) is 0. The first-order valence-electron chi connectivity index (χ1n) is 38.7. The Kier molecular flexibility index (Phi) is 25.1. The van der Waals surface area contributed by atoms with Crippen LogP contribution in [0.2, 0.25) is 0 Å². The maximum atomic E-state index is 16.2. The van der Waals surface area contributed by atoms with Gasteiger partial charge in [-0.25, -0.2) is 0 Å². The number of aliphatic hydroxyl groups is 20. The van der Waals surface area contributed by atoms with Crippen LogP contribution in [0.4, 0.5) is 0 Å². The maximum Gasteiger partial charge on any atom is 0.317 e. The summed E-state index contributed by atoms with van der Waals surface area (Å²) in [4.78, 5) is 16.2. The SMILES string of the molecule is C[C@@H]1O[C@@H](O[C@@H]2[C@@H](O[C@@H]3O[C@@H](C)[C@H](O[C@@H]4OC[C@H](O)[C@H](O[C@@H]5OC[C@@H](O)[C@H](O)[C@H]5O)[C@H]4O)[C@@H](O[C@@H]4OC[C@](O)(CO)[C@H]4O)[C@H]3O)[C@H](OC(=O)[C@]34CCC(C)(C)C[C@H]3C3=CCC5[C@@]6(C)CC[C@H](O[C@@H]7O[C@H](CO[C@@H]8OC[C@H](O)[C@H](O)[C@H]8O)[C@@H](O)[C@H](O)[C@H]7O)C(C)(C)C6CC[C@@]5(C)[C@]3(C)C[C@H]4O)OC[C@H]2O)[C@H](O)[C@H](O)[C@H]1O. The summed E-state index contributed by atoms with van der Waals surface area (Å²) in [6.07, 6.45) is -52.4. The van der Waals surface area contributed by atoms with E-state index in [1.807, 2.05) is 0 Å². The van der Waals surface area contributed by atoms with Crippen LogP contribution in [0.3, 0.4) is 0 Å². The van der Waals surface area contributed by atoms with Crippen molar-refractivity contribution in [1.29, 1.82) is 0 Å². The van der Waals surface area contributed by atoms with E-state index in [-0.39, 0.29) is 36.7 Å². The van der Waals surface area contributed by atoms with Gasteiger partial charge in [-0.1, -0.05) is 60.1 Å². The third kappa shape index (κ3) is 15.0. The normalized spacial score (nSPS) is 55.1. The predicted octanol–water partition coefficient (Wildman–Crippen LogP) is -6.52. The van der Waals surface area contributed by atoms with Crippen LogP contribution >= 0.6 is 0 Å². The van der Waals surface area contributed by atoms with Crippen LogP contribution < -0.4 is 0 Å². The van der Waals surface area contributed by atoms with Gasteiger partial charge in [0.15, 0.2) is 50.1 Å². The predicted molar refractivity (Wildman–Crippen MR) is 362 cm³/mol. The number of ether oxygens (including phenoxy) is 16. The van der Waals surface area contributed by atoms with Crippen molar-refractivity contribution >= 4 is 5.97 Å². The molecular formula is C73H118O37. The van der Waals surface area contributed by atoms with Gasteiger partial charge >= 0.3 is 5.97 Å². The minimum absolute atomic E-state index is 0.000275. The summed E-state index contributed by atoms with van der Waals surface area (Å²) in [5, 5.41) is 222. The molecule has 0 amide bonds. The molecule has 43 atom stereocenters. The molecule has 632 valence electrons. The van der Waals surface area contributed by atoms with Crippen molar-refractivity contribution in [3.8, 4) is 0 Å². The Hall–Kier alpha value is -2.19. The Bertz CT molecular complexity index is 3180. The maximum absolute atomic E-state index is 16.2. The highest BCUT2D eigenvalue weighted by Gasteiger charge is 2.73. The molecule has 5 aliphatic carbocycles. The van der Waals surface area contributed by atoms with Gasteiger partial charge < -0.3 is 178 Å². The van der Waals surface area contributed by atoms with Crippen LogP contribution in [-0.4, -0.2) is 375 Å². The largest absolute Gasteiger partial charge is 0.432 e. The van der Waals surface area contributed by atoms with Gasteiger partial charge in [-0.2, -0.15) is 0 Å². The smallest absolute Gasteiger partial charge is 0.317 e. The van der Waals surface area contributed by atoms with Crippen LogP contribution in [0.15, 0.2) is 11.6 Å². The second-order valence-electron chi connectivity index (χ2n) is 35.5. The fraction of sp³-hybridized carbons (Fsp3) is 0.959. The van der Waals surface area contributed by atoms with Crippen LogP contribution in [-0.2, 0) is 80.6 Å². The fourth-order valence-electron chi connectivity index (χ4n) is 21.0. The first-order valence-corrected chi connectivity index (χ1v) is 38.7. The number of hydrogen-bond donors (Lipinski definition) is 20. The number of esters is 1. The van der Waals surface area contributed by atoms with E-state index in [1.165, 1.54) is 13.8 Å². The molecule has 13 aliphatic rings. The minimum Gasteiger partial charge on any atom is -0.432 e. The fourth-order valence-corrected chi connectivity index (χ4v) is 21.0. The monoisotopic (exact) mass is 1590 g/mol. The van der Waals surface area contributed by atoms with Gasteiger partial charge in [-0.05, 0) is 116 Å². The zero-order chi connectivity index (χ0) is 79.9. The molecule has 8 aliphatic heterocycles. The molecule has 0 spiro atoms. The Morgan fingerprint density at radius 3 is 1.65 bits per heavy atom. The summed E-state index contributed by atoms with van der Waals surface area (Å²) in [6.45, 7) is 13.7. The molecule has 2 unspecified atom stereocenters. The first kappa shape index (κ1) is 85.7. The minimum atomic E-state index is -2.30. The topological polar surface area (TPSA) is 569 Å². The summed E-state index contributed by atoms with van der Waals surface area (Å²) < 4.78 is 97.1. The molecule has 13 rings (SSSR count). The third-order valence-electron chi connectivity index (χ3n) is 28.0. The summed E-state index contributed by atoms with van der Waals surface area (Å²) in [6, 6.07) is 0. The molecule has 0 aromatic carbocycles. The zero-order valence-corrected chi connectivity index (χ0v) is 63.2. The molecule has 20 N–H and O–H groups in total. The van der Waals surface area contributed by atoms with E-state index in [9.17, 15) is 102 Å². The number of fused-ring (bicyclic) bond motifs is 7. The van der Waals surface area contributed by atoms with E-state index in [1.54, 1.807) is 0 Å². The van der Waals surface area contributed by atoms with E-state index in [0.29, 0.717) is 44.9 Å². The highest BCUT2D eigenvalue weighted by Crippen LogP contribution is 2.76. The van der Waals surface area contributed by atoms with Crippen molar-refractivity contribution in [2.45, 2.75) is 341 Å². The molecule has 0 radical (unpaired) electrons. The van der Waals surface area contributed by atoms with Gasteiger partial charge in [-0.15, -0.1) is 0 Å². The Labute approximate surface area is 635 Å². The van der Waals surface area contributed by atoms with Crippen LogP contribution in [0.25, 0.3) is 0 Å². The Morgan fingerprint density at radius 2 is 1.00 bits per heavy atom. The summed E-state index contributed by atoms with van der Waals surface area (Å²) >= 11 is 0. The van der Waals surface area contributed by atoms with E-state index in [0.717, 1.165) is 5.57 Å². The Morgan fingerprint density at radius 1 is 0.473 bits per heavy atom. The lowest BCUT2D eigenvalue weighted by Gasteiger charge is -2.71. The third-order valence-corrected chi connectivity index (χ3v) is 28.0. The van der Waals surface area contributed by atoms with Crippen LogP contribution in [0.5, 0.6) is 0 Å². The summed E-state index contributed by atoms with van der Waals surface area (Å²) in [5.74, 6) is -1.59. The van der Waals surface area contributed by atoms with Crippen molar-refractivity contribution in [2.24, 2.45) is 50.2 Å². The number of allylic oxidation sites excluding steroid dienone is 2. The molecule has 0 aromatic heterocycles. The van der Waals surface area contributed by atoms with Crippen molar-refractivity contribution < 1.29 is 183 Å². The first-order chi connectivity index (χ1) is 51.6. The molecule has 37 heteroatoms. The van der Waals surface area contributed by atoms with Gasteiger partial charge in [0, 0.05) is 0 Å². The van der Waals surface area contributed by atoms with Gasteiger partial charge in [0.05, 0.1) is 70.7 Å². The van der Waals surface area contributed by atoms with Crippen LogP contribution in [0, 0.1) is 50.2 Å². The van der Waals surface area contributed by atoms with Gasteiger partial charge in [0.1, 0.15) is 145 Å². The highest BCUT2D eigenvalue weighted by atomic mass is 16.8. The van der Waals surface area contributed by atoms with Crippen LogP contribution in [0.1, 0.15) is 120 Å². The molecule has 4 saturated carbocycles. The number of rotatable bonds is 18. The average Bonchev–Trinajstić information content (AvgIpc) is 0.675. The highest BCUT2D eigenvalue weighted by molar-refractivity contribution is 5.80. The molecule has 110 heavy (non-hydrogen) atoms. The molecule has 37 nitrogen and oxygen atoms in total. The molecule has 12 fully saturated rings. The Balaban J connectivity index is 0.769. The number of carbonyl (C=O) groups excluding carboxylic acids is 1. The van der Waals surface area contributed by atoms with E-state index in [4.69, 9.17) is 75.8 Å².